The lowest BCUT2D eigenvalue weighted by Crippen LogP contribution is -2.42. The molecule has 1 aliphatic heterocycles. The van der Waals surface area contributed by atoms with E-state index in [1.165, 1.54) is 21.6 Å². The molecule has 2 atom stereocenters. The Labute approximate surface area is 161 Å². The Balaban J connectivity index is 1.41. The van der Waals surface area contributed by atoms with Gasteiger partial charge in [-0.05, 0) is 48.4 Å². The van der Waals surface area contributed by atoms with E-state index in [0.717, 1.165) is 49.3 Å². The van der Waals surface area contributed by atoms with Crippen LogP contribution in [0.5, 0.6) is 0 Å². The average molecular weight is 383 g/mol. The number of thiophene rings is 1. The van der Waals surface area contributed by atoms with E-state index in [0.29, 0.717) is 5.91 Å². The number of rotatable bonds is 2. The van der Waals surface area contributed by atoms with E-state index in [9.17, 15) is 4.79 Å². The lowest BCUT2D eigenvalue weighted by atomic mass is 9.78. The number of fused-ring (bicyclic) bond motifs is 2. The highest BCUT2D eigenvalue weighted by Gasteiger charge is 2.37. The summed E-state index contributed by atoms with van der Waals surface area (Å²) in [6.45, 7) is 1.66. The molecule has 2 unspecified atom stereocenters. The summed E-state index contributed by atoms with van der Waals surface area (Å²) in [7, 11) is 0. The van der Waals surface area contributed by atoms with Gasteiger partial charge in [0.2, 0.25) is 5.91 Å². The van der Waals surface area contributed by atoms with Crippen LogP contribution < -0.4 is 0 Å². The highest BCUT2D eigenvalue weighted by molar-refractivity contribution is 7.18. The van der Waals surface area contributed by atoms with E-state index in [2.05, 4.69) is 34.5 Å². The second-order valence-corrected chi connectivity index (χ2v) is 9.46. The van der Waals surface area contributed by atoms with Crippen LogP contribution in [0.2, 0.25) is 0 Å². The van der Waals surface area contributed by atoms with Crippen molar-refractivity contribution in [3.8, 4) is 0 Å². The fourth-order valence-electron chi connectivity index (χ4n) is 4.44. The maximum absolute atomic E-state index is 13.4. The molecule has 1 aromatic carbocycles. The van der Waals surface area contributed by atoms with Crippen molar-refractivity contribution in [1.82, 2.24) is 9.88 Å². The van der Waals surface area contributed by atoms with Gasteiger partial charge in [-0.15, -0.1) is 22.7 Å². The standard InChI is InChI=1S/C21H22N2OS2/c24-21(23-11-9-18-14(13-23)10-12-25-18)16-6-2-1-5-15(16)20-22-17-7-3-4-8-19(17)26-20/h3-4,7-8,10,12,15-16H,1-2,5-6,9,11,13H2. The predicted molar refractivity (Wildman–Crippen MR) is 108 cm³/mol. The molecule has 26 heavy (non-hydrogen) atoms. The van der Waals surface area contributed by atoms with Crippen molar-refractivity contribution < 1.29 is 4.79 Å². The van der Waals surface area contributed by atoms with Crippen LogP contribution in [-0.4, -0.2) is 22.3 Å². The van der Waals surface area contributed by atoms with E-state index in [1.807, 2.05) is 17.4 Å². The van der Waals surface area contributed by atoms with Crippen molar-refractivity contribution in [2.75, 3.05) is 6.54 Å². The minimum absolute atomic E-state index is 0.101. The van der Waals surface area contributed by atoms with Crippen LogP contribution >= 0.6 is 22.7 Å². The van der Waals surface area contributed by atoms with Crippen molar-refractivity contribution >= 4 is 38.8 Å². The van der Waals surface area contributed by atoms with E-state index in [1.54, 1.807) is 11.3 Å². The predicted octanol–water partition coefficient (Wildman–Crippen LogP) is 5.22. The van der Waals surface area contributed by atoms with Gasteiger partial charge < -0.3 is 4.90 Å². The van der Waals surface area contributed by atoms with Crippen LogP contribution in [0.3, 0.4) is 0 Å². The maximum atomic E-state index is 13.4. The smallest absolute Gasteiger partial charge is 0.226 e. The molecule has 0 spiro atoms. The lowest BCUT2D eigenvalue weighted by Gasteiger charge is -2.35. The molecule has 0 radical (unpaired) electrons. The molecule has 134 valence electrons. The third-order valence-electron chi connectivity index (χ3n) is 5.83. The van der Waals surface area contributed by atoms with Gasteiger partial charge >= 0.3 is 0 Å². The third-order valence-corrected chi connectivity index (χ3v) is 8.02. The minimum Gasteiger partial charge on any atom is -0.338 e. The van der Waals surface area contributed by atoms with Gasteiger partial charge in [0.1, 0.15) is 0 Å². The van der Waals surface area contributed by atoms with Crippen LogP contribution in [0.25, 0.3) is 10.2 Å². The quantitative estimate of drug-likeness (QED) is 0.609. The first kappa shape index (κ1) is 16.5. The second kappa shape index (κ2) is 6.78. The molecule has 3 heterocycles. The minimum atomic E-state index is 0.101. The number of amides is 1. The van der Waals surface area contributed by atoms with E-state index >= 15 is 0 Å². The lowest BCUT2D eigenvalue weighted by molar-refractivity contribution is -0.138. The molecule has 1 saturated carbocycles. The van der Waals surface area contributed by atoms with Gasteiger partial charge in [0.05, 0.1) is 15.2 Å². The van der Waals surface area contributed by atoms with Gasteiger partial charge in [-0.25, -0.2) is 4.98 Å². The Morgan fingerprint density at radius 1 is 1.15 bits per heavy atom. The van der Waals surface area contributed by atoms with E-state index < -0.39 is 0 Å². The zero-order valence-corrected chi connectivity index (χ0v) is 16.3. The highest BCUT2D eigenvalue weighted by Crippen LogP contribution is 2.42. The molecule has 1 amide bonds. The summed E-state index contributed by atoms with van der Waals surface area (Å²) >= 11 is 3.61. The molecule has 5 rings (SSSR count). The zero-order valence-electron chi connectivity index (χ0n) is 14.7. The second-order valence-electron chi connectivity index (χ2n) is 7.40. The molecule has 1 aliphatic carbocycles. The molecule has 3 nitrogen and oxygen atoms in total. The van der Waals surface area contributed by atoms with Crippen LogP contribution in [0.1, 0.15) is 47.0 Å². The third kappa shape index (κ3) is 2.87. The molecule has 5 heteroatoms. The van der Waals surface area contributed by atoms with Crippen molar-refractivity contribution in [3.63, 3.8) is 0 Å². The number of carbonyl (C=O) groups excluding carboxylic acids is 1. The summed E-state index contributed by atoms with van der Waals surface area (Å²) in [4.78, 5) is 21.8. The summed E-state index contributed by atoms with van der Waals surface area (Å²) in [6, 6.07) is 10.5. The Morgan fingerprint density at radius 3 is 2.96 bits per heavy atom. The number of benzene rings is 1. The normalized spacial score (nSPS) is 23.2. The van der Waals surface area contributed by atoms with Gasteiger partial charge in [-0.3, -0.25) is 4.79 Å². The summed E-state index contributed by atoms with van der Waals surface area (Å²) in [5, 5.41) is 3.32. The number of para-hydroxylation sites is 1. The molecule has 0 saturated heterocycles. The Bertz CT molecular complexity index is 911. The van der Waals surface area contributed by atoms with Crippen LogP contribution in [0.4, 0.5) is 0 Å². The summed E-state index contributed by atoms with van der Waals surface area (Å²) in [5.41, 5.74) is 2.42. The molecule has 0 N–H and O–H groups in total. The molecule has 0 bridgehead atoms. The van der Waals surface area contributed by atoms with Crippen molar-refractivity contribution in [3.05, 3.63) is 51.2 Å². The molecule has 2 aliphatic rings. The number of aromatic nitrogens is 1. The number of carbonyl (C=O) groups is 1. The highest BCUT2D eigenvalue weighted by atomic mass is 32.1. The summed E-state index contributed by atoms with van der Waals surface area (Å²) in [5.74, 6) is 0.743. The zero-order chi connectivity index (χ0) is 17.5. The van der Waals surface area contributed by atoms with Crippen LogP contribution in [0, 0.1) is 5.92 Å². The van der Waals surface area contributed by atoms with E-state index in [-0.39, 0.29) is 11.8 Å². The maximum Gasteiger partial charge on any atom is 0.226 e. The Kier molecular flexibility index (Phi) is 4.29. The Morgan fingerprint density at radius 2 is 2.04 bits per heavy atom. The van der Waals surface area contributed by atoms with Gasteiger partial charge in [0.15, 0.2) is 0 Å². The fourth-order valence-corrected chi connectivity index (χ4v) is 6.50. The monoisotopic (exact) mass is 382 g/mol. The topological polar surface area (TPSA) is 33.2 Å². The van der Waals surface area contributed by atoms with Crippen LogP contribution in [-0.2, 0) is 17.8 Å². The molecular weight excluding hydrogens is 360 g/mol. The van der Waals surface area contributed by atoms with Gasteiger partial charge in [0.25, 0.3) is 0 Å². The number of hydrogen-bond donors (Lipinski definition) is 0. The van der Waals surface area contributed by atoms with Gasteiger partial charge in [-0.2, -0.15) is 0 Å². The average Bonchev–Trinajstić information content (AvgIpc) is 3.33. The first-order valence-corrected chi connectivity index (χ1v) is 11.2. The number of thiazole rings is 1. The summed E-state index contributed by atoms with van der Waals surface area (Å²) < 4.78 is 1.24. The largest absolute Gasteiger partial charge is 0.338 e. The van der Waals surface area contributed by atoms with Crippen molar-refractivity contribution in [1.29, 1.82) is 0 Å². The first-order chi connectivity index (χ1) is 12.8. The van der Waals surface area contributed by atoms with E-state index in [4.69, 9.17) is 4.98 Å². The molecule has 1 fully saturated rings. The van der Waals surface area contributed by atoms with Gasteiger partial charge in [0, 0.05) is 29.8 Å². The first-order valence-electron chi connectivity index (χ1n) is 9.49. The molecule has 3 aromatic rings. The van der Waals surface area contributed by atoms with Crippen molar-refractivity contribution in [2.45, 2.75) is 44.6 Å². The number of hydrogen-bond acceptors (Lipinski definition) is 4. The van der Waals surface area contributed by atoms with Gasteiger partial charge in [-0.1, -0.05) is 25.0 Å². The Hall–Kier alpha value is -1.72. The number of nitrogens with zero attached hydrogens (tertiary/aromatic N) is 2. The summed E-state index contributed by atoms with van der Waals surface area (Å²) in [6.07, 6.45) is 5.48. The molecule has 2 aromatic heterocycles. The van der Waals surface area contributed by atoms with Crippen LogP contribution in [0.15, 0.2) is 35.7 Å². The van der Waals surface area contributed by atoms with Crippen molar-refractivity contribution in [2.24, 2.45) is 5.92 Å². The molecular formula is C21H22N2OS2. The SMILES string of the molecule is O=C(C1CCCCC1c1nc2ccccc2s1)N1CCc2sccc2C1. The fraction of sp³-hybridized carbons (Fsp3) is 0.429.